The van der Waals surface area contributed by atoms with Crippen LogP contribution in [0.15, 0.2) is 64.6 Å². The summed E-state index contributed by atoms with van der Waals surface area (Å²) >= 11 is 29.9. The highest BCUT2D eigenvalue weighted by molar-refractivity contribution is 8.14. The van der Waals surface area contributed by atoms with E-state index in [-0.39, 0.29) is 47.8 Å². The van der Waals surface area contributed by atoms with Gasteiger partial charge >= 0.3 is 23.9 Å². The van der Waals surface area contributed by atoms with Gasteiger partial charge in [-0.3, -0.25) is 19.2 Å². The van der Waals surface area contributed by atoms with E-state index in [4.69, 9.17) is 94.4 Å². The number of hydrogen-bond acceptors (Lipinski definition) is 19. The van der Waals surface area contributed by atoms with Gasteiger partial charge in [-0.05, 0) is 81.6 Å². The zero-order valence-corrected chi connectivity index (χ0v) is 44.5. The second kappa shape index (κ2) is 37.4. The van der Waals surface area contributed by atoms with Crippen molar-refractivity contribution in [2.45, 2.75) is 41.0 Å². The summed E-state index contributed by atoms with van der Waals surface area (Å²) in [6.45, 7) is 11.6. The van der Waals surface area contributed by atoms with Crippen molar-refractivity contribution in [3.05, 3.63) is 75.2 Å². The fraction of sp³-hybridized carbons (Fsp3) is 0.468. The summed E-state index contributed by atoms with van der Waals surface area (Å²) in [4.78, 5) is 57.6. The van der Waals surface area contributed by atoms with Gasteiger partial charge < -0.3 is 47.4 Å². The average molecular weight is 1080 g/mol. The molecule has 3 aromatic rings. The van der Waals surface area contributed by atoms with Crippen LogP contribution < -0.4 is 14.2 Å². The molecule has 0 aliphatic carbocycles. The van der Waals surface area contributed by atoms with Crippen LogP contribution in [0, 0.1) is 11.8 Å². The van der Waals surface area contributed by atoms with Gasteiger partial charge in [0.05, 0.1) is 72.9 Å². The minimum Gasteiger partial charge on any atom is -0.490 e. The van der Waals surface area contributed by atoms with Crippen molar-refractivity contribution in [3.63, 3.8) is 0 Å². The first-order chi connectivity index (χ1) is 33.2. The molecule has 3 aromatic carbocycles. The molecule has 22 heteroatoms. The third kappa shape index (κ3) is 22.9. The maximum absolute atomic E-state index is 12.4. The van der Waals surface area contributed by atoms with E-state index in [0.717, 1.165) is 0 Å². The monoisotopic (exact) mass is 1080 g/mol. The van der Waals surface area contributed by atoms with Crippen molar-refractivity contribution in [1.82, 2.24) is 0 Å². The lowest BCUT2D eigenvalue weighted by Gasteiger charge is -2.17. The Bertz CT molecular complexity index is 2130. The Morgan fingerprint density at radius 3 is 1.38 bits per heavy atom. The number of halogens is 3. The van der Waals surface area contributed by atoms with Gasteiger partial charge in [-0.2, -0.15) is 4.99 Å². The van der Waals surface area contributed by atoms with Gasteiger partial charge in [0, 0.05) is 32.6 Å². The van der Waals surface area contributed by atoms with Gasteiger partial charge in [0.2, 0.25) is 5.92 Å². The molecular formula is C47H59Cl3N2O14S3. The third-order valence-electron chi connectivity index (χ3n) is 8.28. The summed E-state index contributed by atoms with van der Waals surface area (Å²) < 4.78 is 51.3. The van der Waals surface area contributed by atoms with Crippen LogP contribution in [-0.4, -0.2) is 132 Å². The molecular weight excluding hydrogens is 1020 g/mol. The zero-order valence-electron chi connectivity index (χ0n) is 39.8. The number of thiocarbonyl (C=S) groups is 2. The molecule has 0 saturated carbocycles. The largest absolute Gasteiger partial charge is 0.490 e. The van der Waals surface area contributed by atoms with Crippen molar-refractivity contribution in [2.24, 2.45) is 21.8 Å². The lowest BCUT2D eigenvalue weighted by Crippen LogP contribution is -2.35. The Morgan fingerprint density at radius 1 is 0.580 bits per heavy atom. The van der Waals surface area contributed by atoms with E-state index < -0.39 is 35.7 Å². The number of rotatable bonds is 27. The third-order valence-corrected chi connectivity index (χ3v) is 10.8. The lowest BCUT2D eigenvalue weighted by molar-refractivity contribution is -0.159. The molecule has 0 N–H and O–H groups in total. The molecule has 0 saturated heterocycles. The predicted molar refractivity (Wildman–Crippen MR) is 276 cm³/mol. The number of carbonyl (C=O) groups excluding carboxylic acids is 4. The molecule has 69 heavy (non-hydrogen) atoms. The van der Waals surface area contributed by atoms with Crippen LogP contribution in [0.5, 0.6) is 17.2 Å². The highest BCUT2D eigenvalue weighted by Gasteiger charge is 2.36. The molecule has 0 fully saturated rings. The van der Waals surface area contributed by atoms with Crippen molar-refractivity contribution in [2.75, 3.05) is 93.2 Å². The minimum atomic E-state index is -1.26. The van der Waals surface area contributed by atoms with Crippen LogP contribution in [0.4, 0.5) is 11.4 Å². The highest BCUT2D eigenvalue weighted by atomic mass is 35.5. The highest BCUT2D eigenvalue weighted by Crippen LogP contribution is 2.36. The topological polar surface area (TPSA) is 185 Å². The van der Waals surface area contributed by atoms with Crippen molar-refractivity contribution >= 4 is 121 Å². The van der Waals surface area contributed by atoms with E-state index in [0.29, 0.717) is 89.6 Å². The van der Waals surface area contributed by atoms with E-state index in [2.05, 4.69) is 27.4 Å². The summed E-state index contributed by atoms with van der Waals surface area (Å²) in [5.41, 5.74) is 1.58. The van der Waals surface area contributed by atoms with E-state index in [1.54, 1.807) is 104 Å². The average Bonchev–Trinajstić information content (AvgIpc) is 3.31. The van der Waals surface area contributed by atoms with Gasteiger partial charge in [0.15, 0.2) is 5.92 Å². The SMILES string of the molecule is CCOC(=O)C(C(=O)OCC)C(=Nc1cccc(OCCOC)c1Cl)SCC.CCOC(=O)C(C(=O)OCC)C(=S)Cc1cccc(OCCOC)c1Cl.COCCOc1cccc(N=C=S)c1Cl. The minimum absolute atomic E-state index is 0.137. The normalized spacial score (nSPS) is 10.7. The van der Waals surface area contributed by atoms with Crippen LogP contribution in [0.25, 0.3) is 0 Å². The van der Waals surface area contributed by atoms with Gasteiger partial charge in [-0.25, -0.2) is 4.99 Å². The first-order valence-electron chi connectivity index (χ1n) is 21.4. The number of hydrogen-bond donors (Lipinski definition) is 0. The molecule has 0 radical (unpaired) electrons. The Morgan fingerprint density at radius 2 is 0.971 bits per heavy atom. The van der Waals surface area contributed by atoms with Crippen molar-refractivity contribution in [3.8, 4) is 17.2 Å². The van der Waals surface area contributed by atoms with Crippen LogP contribution in [0.3, 0.4) is 0 Å². The quantitative estimate of drug-likeness (QED) is 0.0133. The number of benzene rings is 3. The summed E-state index contributed by atoms with van der Waals surface area (Å²) in [6.07, 6.45) is 0.137. The number of ether oxygens (including phenoxy) is 10. The maximum atomic E-state index is 12.4. The molecule has 0 heterocycles. The Kier molecular flexibility index (Phi) is 34.0. The zero-order chi connectivity index (χ0) is 51.6. The fourth-order valence-electron chi connectivity index (χ4n) is 5.25. The number of nitrogens with zero attached hydrogens (tertiary/aromatic N) is 2. The number of isothiocyanates is 1. The smallest absolute Gasteiger partial charge is 0.327 e. The number of carbonyl (C=O) groups is 4. The lowest BCUT2D eigenvalue weighted by atomic mass is 9.99. The molecule has 0 unspecified atom stereocenters. The number of methoxy groups -OCH3 is 3. The second-order valence-corrected chi connectivity index (χ2v) is 16.2. The van der Waals surface area contributed by atoms with Gasteiger partial charge in [0.25, 0.3) is 0 Å². The van der Waals surface area contributed by atoms with Crippen molar-refractivity contribution < 1.29 is 66.5 Å². The molecule has 0 aliphatic heterocycles. The standard InChI is InChI=1S/C19H26ClNO6S.C18H23ClO6S.C10H10ClNO2S/c1-5-25-18(22)15(19(23)26-6-2)17(28-7-3)21-13-9-8-10-14(16(13)20)27-12-11-24-4;1-4-23-17(20)15(18(21)24-5-2)14(26)11-12-7-6-8-13(16(12)19)25-10-9-22-3;1-13-5-6-14-9-4-2-3-8(10(9)11)12-7-15/h8-10,15H,5-7,11-12H2,1-4H3;6-8,15H,4-5,9-11H2,1-3H3;2-4H,5-6H2,1H3. The van der Waals surface area contributed by atoms with Crippen LogP contribution >= 0.6 is 71.0 Å². The summed E-state index contributed by atoms with van der Waals surface area (Å²) in [5.74, 6) is -3.31. The van der Waals surface area contributed by atoms with Gasteiger partial charge in [0.1, 0.15) is 47.1 Å². The van der Waals surface area contributed by atoms with Crippen LogP contribution in [-0.2, 0) is 58.8 Å². The number of thioether (sulfide) groups is 1. The van der Waals surface area contributed by atoms with Crippen LogP contribution in [0.1, 0.15) is 40.2 Å². The molecule has 0 bridgehead atoms. The van der Waals surface area contributed by atoms with E-state index in [9.17, 15) is 19.2 Å². The first-order valence-corrected chi connectivity index (χ1v) is 24.4. The molecule has 0 spiro atoms. The molecule has 0 atom stereocenters. The molecule has 16 nitrogen and oxygen atoms in total. The summed E-state index contributed by atoms with van der Waals surface area (Å²) in [5, 5.41) is 3.61. The number of aliphatic imine (C=N–C) groups is 2. The predicted octanol–water partition coefficient (Wildman–Crippen LogP) is 10.0. The Balaban J connectivity index is 0.000000540. The fourth-order valence-corrected chi connectivity index (χ4v) is 7.21. The van der Waals surface area contributed by atoms with Crippen molar-refractivity contribution in [1.29, 1.82) is 0 Å². The molecule has 3 rings (SSSR count). The summed E-state index contributed by atoms with van der Waals surface area (Å²) in [6, 6.07) is 15.6. The summed E-state index contributed by atoms with van der Waals surface area (Å²) in [7, 11) is 4.76. The number of esters is 4. The molecule has 0 amide bonds. The molecule has 0 aromatic heterocycles. The van der Waals surface area contributed by atoms with E-state index >= 15 is 0 Å². The first kappa shape index (κ1) is 62.6. The Labute approximate surface area is 433 Å². The van der Waals surface area contributed by atoms with Crippen LogP contribution in [0.2, 0.25) is 15.1 Å². The van der Waals surface area contributed by atoms with Gasteiger partial charge in [-0.15, -0.1) is 11.8 Å². The molecule has 0 aliphatic rings. The van der Waals surface area contributed by atoms with E-state index in [1.165, 1.54) is 11.8 Å². The second-order valence-electron chi connectivity index (χ2n) is 13.0. The maximum Gasteiger partial charge on any atom is 0.327 e. The van der Waals surface area contributed by atoms with E-state index in [1.807, 2.05) is 6.92 Å². The Hall–Kier alpha value is -4.40. The van der Waals surface area contributed by atoms with Gasteiger partial charge in [-0.1, -0.05) is 78.2 Å². The molecule has 380 valence electrons.